The van der Waals surface area contributed by atoms with Gasteiger partial charge in [0.25, 0.3) is 0 Å². The second kappa shape index (κ2) is 5.13. The molecule has 0 aromatic heterocycles. The third-order valence-corrected chi connectivity index (χ3v) is 3.77. The van der Waals surface area contributed by atoms with Gasteiger partial charge in [0.05, 0.1) is 17.3 Å². The van der Waals surface area contributed by atoms with E-state index >= 15 is 0 Å². The Morgan fingerprint density at radius 2 is 2.21 bits per heavy atom. The van der Waals surface area contributed by atoms with Gasteiger partial charge in [-0.05, 0) is 54.9 Å². The molecule has 2 rings (SSSR count). The maximum absolute atomic E-state index is 11.0. The maximum atomic E-state index is 11.0. The molecule has 4 nitrogen and oxygen atoms in total. The lowest BCUT2D eigenvalue weighted by atomic mass is 10.0. The van der Waals surface area contributed by atoms with Crippen molar-refractivity contribution in [2.45, 2.75) is 32.5 Å². The van der Waals surface area contributed by atoms with E-state index in [1.807, 2.05) is 12.1 Å². The van der Waals surface area contributed by atoms with E-state index in [4.69, 9.17) is 9.84 Å². The Kier molecular flexibility index (Phi) is 3.87. The Hall–Kier alpha value is -1.07. The fourth-order valence-corrected chi connectivity index (χ4v) is 3.06. The summed E-state index contributed by atoms with van der Waals surface area (Å²) in [6.45, 7) is 7.78. The van der Waals surface area contributed by atoms with Crippen LogP contribution < -0.4 is 4.90 Å². The number of hydrogen-bond donors (Lipinski definition) is 1. The molecule has 1 saturated heterocycles. The Morgan fingerprint density at radius 3 is 2.74 bits per heavy atom. The van der Waals surface area contributed by atoms with Gasteiger partial charge < -0.3 is 14.7 Å². The van der Waals surface area contributed by atoms with Gasteiger partial charge in [0.1, 0.15) is 0 Å². The number of nitrogens with zero attached hydrogens (tertiary/aromatic N) is 1. The minimum Gasteiger partial charge on any atom is -0.478 e. The summed E-state index contributed by atoms with van der Waals surface area (Å²) in [6, 6.07) is 5.34. The highest BCUT2D eigenvalue weighted by Crippen LogP contribution is 2.29. The number of hydrogen-bond acceptors (Lipinski definition) is 3. The number of carbonyl (C=O) groups is 1. The SMILES string of the molecule is CC1CN(c2ccc(C(=O)O)c(Br)c2)CC(C)(C)O1. The normalized spacial score (nSPS) is 22.3. The van der Waals surface area contributed by atoms with Gasteiger partial charge in [-0.2, -0.15) is 0 Å². The van der Waals surface area contributed by atoms with Gasteiger partial charge in [-0.1, -0.05) is 0 Å². The van der Waals surface area contributed by atoms with Crippen molar-refractivity contribution in [3.8, 4) is 0 Å². The van der Waals surface area contributed by atoms with Gasteiger partial charge in [-0.3, -0.25) is 0 Å². The van der Waals surface area contributed by atoms with Crippen LogP contribution >= 0.6 is 15.9 Å². The Labute approximate surface area is 121 Å². The molecule has 0 spiro atoms. The first-order valence-electron chi connectivity index (χ1n) is 6.24. The smallest absolute Gasteiger partial charge is 0.336 e. The monoisotopic (exact) mass is 327 g/mol. The number of halogens is 1. The van der Waals surface area contributed by atoms with Gasteiger partial charge in [-0.15, -0.1) is 0 Å². The number of benzene rings is 1. The number of anilines is 1. The van der Waals surface area contributed by atoms with Crippen LogP contribution in [0.2, 0.25) is 0 Å². The molecule has 0 aliphatic carbocycles. The zero-order chi connectivity index (χ0) is 14.2. The van der Waals surface area contributed by atoms with E-state index in [9.17, 15) is 4.79 Å². The first-order valence-corrected chi connectivity index (χ1v) is 7.03. The van der Waals surface area contributed by atoms with Crippen LogP contribution in [0.3, 0.4) is 0 Å². The molecule has 1 heterocycles. The average molecular weight is 328 g/mol. The molecule has 1 atom stereocenters. The minimum absolute atomic E-state index is 0.154. The van der Waals surface area contributed by atoms with Crippen LogP contribution in [0.5, 0.6) is 0 Å². The zero-order valence-corrected chi connectivity index (χ0v) is 12.9. The number of rotatable bonds is 2. The van der Waals surface area contributed by atoms with E-state index in [0.29, 0.717) is 4.47 Å². The first kappa shape index (κ1) is 14.3. The van der Waals surface area contributed by atoms with E-state index in [0.717, 1.165) is 18.8 Å². The largest absolute Gasteiger partial charge is 0.478 e. The summed E-state index contributed by atoms with van der Waals surface area (Å²) in [5.74, 6) is -0.922. The van der Waals surface area contributed by atoms with Crippen molar-refractivity contribution in [1.29, 1.82) is 0 Å². The molecule has 0 amide bonds. The zero-order valence-electron chi connectivity index (χ0n) is 11.3. The first-order chi connectivity index (χ1) is 8.78. The molecule has 1 unspecified atom stereocenters. The van der Waals surface area contributed by atoms with Gasteiger partial charge >= 0.3 is 5.97 Å². The fraction of sp³-hybridized carbons (Fsp3) is 0.500. The predicted molar refractivity (Wildman–Crippen MR) is 77.9 cm³/mol. The number of ether oxygens (including phenoxy) is 1. The quantitative estimate of drug-likeness (QED) is 0.906. The molecule has 0 radical (unpaired) electrons. The van der Waals surface area contributed by atoms with Gasteiger partial charge in [0.2, 0.25) is 0 Å². The lowest BCUT2D eigenvalue weighted by Gasteiger charge is -2.43. The lowest BCUT2D eigenvalue weighted by molar-refractivity contribution is -0.0749. The Morgan fingerprint density at radius 1 is 1.53 bits per heavy atom. The fourth-order valence-electron chi connectivity index (χ4n) is 2.52. The minimum atomic E-state index is -0.922. The average Bonchev–Trinajstić information content (AvgIpc) is 2.25. The third kappa shape index (κ3) is 3.28. The standard InChI is InChI=1S/C14H18BrNO3/c1-9-7-16(8-14(2,3)19-9)10-4-5-11(13(17)18)12(15)6-10/h4-6,9H,7-8H2,1-3H3,(H,17,18). The molecule has 19 heavy (non-hydrogen) atoms. The number of morpholine rings is 1. The van der Waals surface area contributed by atoms with E-state index in [2.05, 4.69) is 41.6 Å². The lowest BCUT2D eigenvalue weighted by Crippen LogP contribution is -2.52. The van der Waals surface area contributed by atoms with Crippen molar-refractivity contribution in [3.05, 3.63) is 28.2 Å². The van der Waals surface area contributed by atoms with Crippen molar-refractivity contribution in [1.82, 2.24) is 0 Å². The Bertz CT molecular complexity index is 501. The van der Waals surface area contributed by atoms with Crippen LogP contribution in [0.4, 0.5) is 5.69 Å². The molecule has 0 saturated carbocycles. The second-order valence-corrected chi connectivity index (χ2v) is 6.39. The maximum Gasteiger partial charge on any atom is 0.336 e. The van der Waals surface area contributed by atoms with Crippen LogP contribution in [0, 0.1) is 0 Å². The summed E-state index contributed by atoms with van der Waals surface area (Å²) in [5, 5.41) is 9.03. The third-order valence-electron chi connectivity index (χ3n) is 3.12. The number of carboxylic acid groups (broad SMARTS) is 1. The summed E-state index contributed by atoms with van der Waals surface area (Å²) < 4.78 is 6.48. The topological polar surface area (TPSA) is 49.8 Å². The highest BCUT2D eigenvalue weighted by Gasteiger charge is 2.31. The van der Waals surface area contributed by atoms with Gasteiger partial charge in [0.15, 0.2) is 0 Å². The molecule has 1 fully saturated rings. The summed E-state index contributed by atoms with van der Waals surface area (Å²) in [6.07, 6.45) is 0.154. The van der Waals surface area contributed by atoms with Crippen molar-refractivity contribution >= 4 is 27.6 Å². The molecule has 0 bridgehead atoms. The molecular formula is C14H18BrNO3. The summed E-state index contributed by atoms with van der Waals surface area (Å²) in [5.41, 5.74) is 1.10. The van der Waals surface area contributed by atoms with Crippen molar-refractivity contribution < 1.29 is 14.6 Å². The van der Waals surface area contributed by atoms with Crippen LogP contribution in [-0.2, 0) is 4.74 Å². The summed E-state index contributed by atoms with van der Waals surface area (Å²) in [7, 11) is 0. The van der Waals surface area contributed by atoms with Crippen LogP contribution in [-0.4, -0.2) is 35.9 Å². The van der Waals surface area contributed by atoms with Crippen molar-refractivity contribution in [2.75, 3.05) is 18.0 Å². The summed E-state index contributed by atoms with van der Waals surface area (Å²) >= 11 is 3.32. The number of carboxylic acids is 1. The highest BCUT2D eigenvalue weighted by atomic mass is 79.9. The van der Waals surface area contributed by atoms with Crippen molar-refractivity contribution in [3.63, 3.8) is 0 Å². The van der Waals surface area contributed by atoms with Gasteiger partial charge in [-0.25, -0.2) is 4.79 Å². The van der Waals surface area contributed by atoms with Crippen LogP contribution in [0.25, 0.3) is 0 Å². The van der Waals surface area contributed by atoms with Crippen LogP contribution in [0.15, 0.2) is 22.7 Å². The molecule has 1 N–H and O–H groups in total. The van der Waals surface area contributed by atoms with Crippen LogP contribution in [0.1, 0.15) is 31.1 Å². The van der Waals surface area contributed by atoms with E-state index in [1.165, 1.54) is 0 Å². The summed E-state index contributed by atoms with van der Waals surface area (Å²) in [4.78, 5) is 13.2. The Balaban J connectivity index is 2.27. The van der Waals surface area contributed by atoms with Crippen molar-refractivity contribution in [2.24, 2.45) is 0 Å². The van der Waals surface area contributed by atoms with E-state index in [-0.39, 0.29) is 17.3 Å². The predicted octanol–water partition coefficient (Wildman–Crippen LogP) is 3.15. The highest BCUT2D eigenvalue weighted by molar-refractivity contribution is 9.10. The molecule has 1 aliphatic heterocycles. The number of aromatic carboxylic acids is 1. The molecule has 1 aromatic rings. The van der Waals surface area contributed by atoms with Gasteiger partial charge in [0, 0.05) is 23.2 Å². The van der Waals surface area contributed by atoms with E-state index in [1.54, 1.807) is 6.07 Å². The molecule has 104 valence electrons. The molecule has 1 aromatic carbocycles. The molecule has 5 heteroatoms. The molecular weight excluding hydrogens is 310 g/mol. The van der Waals surface area contributed by atoms with E-state index < -0.39 is 5.97 Å². The molecule has 1 aliphatic rings. The second-order valence-electron chi connectivity index (χ2n) is 5.54.